The fourth-order valence-corrected chi connectivity index (χ4v) is 3.37. The number of hydrogen-bond donors (Lipinski definition) is 1. The Bertz CT molecular complexity index is 1130. The molecule has 0 atom stereocenters. The molecule has 1 N–H and O–H groups in total. The predicted octanol–water partition coefficient (Wildman–Crippen LogP) is 4.17. The third-order valence-corrected chi connectivity index (χ3v) is 5.18. The van der Waals surface area contributed by atoms with Crippen LogP contribution in [0.4, 0.5) is 17.6 Å². The maximum absolute atomic E-state index is 13.5. The molecule has 0 radical (unpaired) electrons. The second-order valence-corrected chi connectivity index (χ2v) is 7.71. The molecule has 0 aliphatic heterocycles. The standard InChI is InChI=1S/C19H16ClF4N5O3/c1-9(25-17(30)14-8-29-7-13(21)12(20)6-15(29)26-14)2-3-16-27-28-18(31-16)10-4-11(5-10)32-19(22,23)24/h6-8,10-11H,1-5H2,(H,25,30). The molecular weight excluding hydrogens is 458 g/mol. The number of hydrogen-bond acceptors (Lipinski definition) is 6. The van der Waals surface area contributed by atoms with Crippen LogP contribution >= 0.6 is 11.6 Å². The number of fused-ring (bicyclic) bond motifs is 1. The maximum atomic E-state index is 13.5. The van der Waals surface area contributed by atoms with Gasteiger partial charge in [-0.2, -0.15) is 0 Å². The molecule has 8 nitrogen and oxygen atoms in total. The van der Waals surface area contributed by atoms with Gasteiger partial charge in [0.15, 0.2) is 5.82 Å². The van der Waals surface area contributed by atoms with E-state index in [9.17, 15) is 22.4 Å². The summed E-state index contributed by atoms with van der Waals surface area (Å²) in [6, 6.07) is 1.30. The molecule has 0 unspecified atom stereocenters. The van der Waals surface area contributed by atoms with Crippen molar-refractivity contribution in [3.63, 3.8) is 0 Å². The van der Waals surface area contributed by atoms with Crippen LogP contribution in [0.25, 0.3) is 5.65 Å². The Morgan fingerprint density at radius 2 is 2.09 bits per heavy atom. The van der Waals surface area contributed by atoms with Gasteiger partial charge < -0.3 is 14.1 Å². The van der Waals surface area contributed by atoms with Gasteiger partial charge in [0.05, 0.1) is 11.1 Å². The summed E-state index contributed by atoms with van der Waals surface area (Å²) in [5, 5.41) is 10.2. The van der Waals surface area contributed by atoms with E-state index in [1.54, 1.807) is 0 Å². The molecule has 3 aromatic heterocycles. The first-order valence-corrected chi connectivity index (χ1v) is 9.85. The first-order valence-electron chi connectivity index (χ1n) is 9.47. The summed E-state index contributed by atoms with van der Waals surface area (Å²) >= 11 is 5.71. The van der Waals surface area contributed by atoms with Crippen molar-refractivity contribution < 1.29 is 31.5 Å². The van der Waals surface area contributed by atoms with Crippen molar-refractivity contribution in [1.29, 1.82) is 0 Å². The average molecular weight is 474 g/mol. The third-order valence-electron chi connectivity index (χ3n) is 4.89. The lowest BCUT2D eigenvalue weighted by Crippen LogP contribution is -2.34. The van der Waals surface area contributed by atoms with Gasteiger partial charge in [-0.1, -0.05) is 18.2 Å². The Hall–Kier alpha value is -2.99. The molecule has 1 amide bonds. The van der Waals surface area contributed by atoms with Crippen LogP contribution in [0.3, 0.4) is 0 Å². The van der Waals surface area contributed by atoms with Gasteiger partial charge in [0.1, 0.15) is 11.3 Å². The molecular formula is C19H16ClF4N5O3. The van der Waals surface area contributed by atoms with Crippen LogP contribution in [0.2, 0.25) is 5.02 Å². The second kappa shape index (κ2) is 8.51. The summed E-state index contributed by atoms with van der Waals surface area (Å²) in [5.74, 6) is -0.927. The minimum atomic E-state index is -4.66. The summed E-state index contributed by atoms with van der Waals surface area (Å²) in [4.78, 5) is 16.4. The summed E-state index contributed by atoms with van der Waals surface area (Å²) < 4.78 is 60.9. The molecule has 0 spiro atoms. The quantitative estimate of drug-likeness (QED) is 0.518. The monoisotopic (exact) mass is 473 g/mol. The van der Waals surface area contributed by atoms with Gasteiger partial charge in [-0.25, -0.2) is 9.37 Å². The van der Waals surface area contributed by atoms with E-state index in [1.165, 1.54) is 16.7 Å². The topological polar surface area (TPSA) is 94.5 Å². The van der Waals surface area contributed by atoms with E-state index in [2.05, 4.69) is 31.8 Å². The fourth-order valence-electron chi connectivity index (χ4n) is 3.22. The number of rotatable bonds is 7. The Kier molecular flexibility index (Phi) is 5.91. The molecule has 4 rings (SSSR count). The van der Waals surface area contributed by atoms with Gasteiger partial charge in [-0.15, -0.1) is 23.4 Å². The van der Waals surface area contributed by atoms with E-state index in [4.69, 9.17) is 16.0 Å². The number of aryl methyl sites for hydroxylation is 1. The van der Waals surface area contributed by atoms with E-state index in [-0.39, 0.29) is 54.1 Å². The lowest BCUT2D eigenvalue weighted by molar-refractivity contribution is -0.352. The lowest BCUT2D eigenvalue weighted by Gasteiger charge is -2.32. The van der Waals surface area contributed by atoms with E-state index >= 15 is 0 Å². The van der Waals surface area contributed by atoms with Crippen molar-refractivity contribution in [2.24, 2.45) is 0 Å². The average Bonchev–Trinajstić information content (AvgIpc) is 3.29. The van der Waals surface area contributed by atoms with Gasteiger partial charge in [-0.05, 0) is 19.3 Å². The van der Waals surface area contributed by atoms with E-state index in [1.807, 2.05) is 0 Å². The van der Waals surface area contributed by atoms with Crippen LogP contribution in [-0.4, -0.2) is 38.0 Å². The highest BCUT2D eigenvalue weighted by atomic mass is 35.5. The summed E-state index contributed by atoms with van der Waals surface area (Å²) in [6.45, 7) is 3.77. The number of carbonyl (C=O) groups excluding carboxylic acids is 1. The number of ether oxygens (including phenoxy) is 1. The Balaban J connectivity index is 1.26. The Morgan fingerprint density at radius 3 is 2.81 bits per heavy atom. The smallest absolute Gasteiger partial charge is 0.425 e. The molecule has 1 saturated carbocycles. The van der Waals surface area contributed by atoms with E-state index < -0.39 is 24.2 Å². The summed E-state index contributed by atoms with van der Waals surface area (Å²) in [7, 11) is 0. The summed E-state index contributed by atoms with van der Waals surface area (Å²) in [5.41, 5.74) is 0.719. The highest BCUT2D eigenvalue weighted by Crippen LogP contribution is 2.40. The molecule has 170 valence electrons. The predicted molar refractivity (Wildman–Crippen MR) is 102 cm³/mol. The van der Waals surface area contributed by atoms with Gasteiger partial charge in [0, 0.05) is 36.5 Å². The third kappa shape index (κ3) is 5.07. The number of nitrogens with one attached hydrogen (secondary N) is 1. The number of aromatic nitrogens is 4. The highest BCUT2D eigenvalue weighted by molar-refractivity contribution is 6.31. The zero-order valence-corrected chi connectivity index (χ0v) is 17.1. The fraction of sp³-hybridized carbons (Fsp3) is 0.368. The number of nitrogens with zero attached hydrogens (tertiary/aromatic N) is 4. The molecule has 13 heteroatoms. The van der Waals surface area contributed by atoms with E-state index in [0.717, 1.165) is 6.20 Å². The van der Waals surface area contributed by atoms with Crippen LogP contribution < -0.4 is 5.32 Å². The highest BCUT2D eigenvalue weighted by Gasteiger charge is 2.42. The number of imidazole rings is 1. The number of allylic oxidation sites excluding steroid dienone is 1. The lowest BCUT2D eigenvalue weighted by atomic mass is 9.82. The molecule has 0 aromatic carbocycles. The normalized spacial score (nSPS) is 18.5. The van der Waals surface area contributed by atoms with Crippen LogP contribution in [0.1, 0.15) is 47.5 Å². The SMILES string of the molecule is C=C(CCc1nnc(C2CC(OC(F)(F)F)C2)o1)NC(=O)c1cn2cc(F)c(Cl)cc2n1. The Labute approximate surface area is 183 Å². The van der Waals surface area contributed by atoms with Crippen LogP contribution in [0.5, 0.6) is 0 Å². The van der Waals surface area contributed by atoms with Crippen LogP contribution in [0.15, 0.2) is 35.2 Å². The molecule has 3 aromatic rings. The van der Waals surface area contributed by atoms with Crippen molar-refractivity contribution >= 4 is 23.2 Å². The van der Waals surface area contributed by atoms with E-state index in [0.29, 0.717) is 11.3 Å². The molecule has 0 saturated heterocycles. The van der Waals surface area contributed by atoms with Crippen molar-refractivity contribution in [2.75, 3.05) is 0 Å². The first kappa shape index (κ1) is 22.2. The molecule has 3 heterocycles. The minimum Gasteiger partial charge on any atom is -0.425 e. The molecule has 1 fully saturated rings. The molecule has 1 aliphatic carbocycles. The van der Waals surface area contributed by atoms with Crippen molar-refractivity contribution in [2.45, 2.75) is 44.1 Å². The molecule has 1 aliphatic rings. The van der Waals surface area contributed by atoms with Crippen LogP contribution in [-0.2, 0) is 11.2 Å². The number of halogens is 5. The first-order chi connectivity index (χ1) is 15.1. The zero-order valence-electron chi connectivity index (χ0n) is 16.3. The van der Waals surface area contributed by atoms with Crippen molar-refractivity contribution in [1.82, 2.24) is 24.9 Å². The summed E-state index contributed by atoms with van der Waals surface area (Å²) in [6.07, 6.45) is -2.24. The van der Waals surface area contributed by atoms with Gasteiger partial charge in [0.25, 0.3) is 5.91 Å². The number of alkyl halides is 3. The Morgan fingerprint density at radius 1 is 1.34 bits per heavy atom. The molecule has 0 bridgehead atoms. The van der Waals surface area contributed by atoms with Gasteiger partial charge in [-0.3, -0.25) is 9.53 Å². The number of pyridine rings is 1. The van der Waals surface area contributed by atoms with Crippen LogP contribution in [0, 0.1) is 5.82 Å². The van der Waals surface area contributed by atoms with Gasteiger partial charge in [0.2, 0.25) is 11.8 Å². The van der Waals surface area contributed by atoms with Crippen molar-refractivity contribution in [3.05, 3.63) is 59.1 Å². The molecule has 32 heavy (non-hydrogen) atoms. The van der Waals surface area contributed by atoms with Gasteiger partial charge >= 0.3 is 6.36 Å². The maximum Gasteiger partial charge on any atom is 0.522 e. The minimum absolute atomic E-state index is 0.0495. The number of amides is 1. The largest absolute Gasteiger partial charge is 0.522 e. The zero-order chi connectivity index (χ0) is 23.0. The second-order valence-electron chi connectivity index (χ2n) is 7.31. The van der Waals surface area contributed by atoms with Crippen molar-refractivity contribution in [3.8, 4) is 0 Å². The number of carbonyl (C=O) groups is 1.